The van der Waals surface area contributed by atoms with Crippen LogP contribution in [0.15, 0.2) is 0 Å². The summed E-state index contributed by atoms with van der Waals surface area (Å²) in [6.07, 6.45) is 0. The Kier molecular flexibility index (Phi) is 5.18. The molecule has 26 valence electrons. The predicted octanol–water partition coefficient (Wildman–Crippen LogP) is 1.28. The second-order valence-electron chi connectivity index (χ2n) is 0.398. The fraction of sp³-hybridized carbons (Fsp3) is 1.00. The number of rotatable bonds is 1. The van der Waals surface area contributed by atoms with Crippen LogP contribution in [0.4, 0.5) is 0 Å². The van der Waals surface area contributed by atoms with E-state index in [9.17, 15) is 0 Å². The van der Waals surface area contributed by atoms with Gasteiger partial charge in [0.05, 0.1) is 0 Å². The average Bonchev–Trinajstić information content (AvgIpc) is 1.37. The zero-order valence-electron chi connectivity index (χ0n) is 2.49. The van der Waals surface area contributed by atoms with E-state index in [0.717, 1.165) is 0 Å². The number of hydrogen-bond acceptors (Lipinski definition) is 0. The summed E-state index contributed by atoms with van der Waals surface area (Å²) in [6, 6.07) is 0. The summed E-state index contributed by atoms with van der Waals surface area (Å²) in [7, 11) is 5.32. The molecule has 0 aromatic rings. The van der Waals surface area contributed by atoms with Crippen molar-refractivity contribution in [2.24, 2.45) is 0 Å². The van der Waals surface area contributed by atoms with Crippen molar-refractivity contribution in [3.63, 3.8) is 0 Å². The van der Waals surface area contributed by atoms with Crippen LogP contribution in [-0.4, -0.2) is 19.8 Å². The molecule has 0 radical (unpaired) electrons. The Morgan fingerprint density at radius 1 is 2.00 bits per heavy atom. The van der Waals surface area contributed by atoms with Gasteiger partial charge in [-0.2, -0.15) is 0 Å². The summed E-state index contributed by atoms with van der Waals surface area (Å²) in [5, 5.41) is 0. The molecule has 0 aliphatic rings. The van der Waals surface area contributed by atoms with E-state index in [1.165, 1.54) is 4.47 Å². The van der Waals surface area contributed by atoms with Gasteiger partial charge in [-0.25, -0.2) is 0 Å². The molecule has 0 saturated carbocycles. The van der Waals surface area contributed by atoms with Crippen molar-refractivity contribution in [3.8, 4) is 0 Å². The molecule has 0 amide bonds. The Bertz CT molecular complexity index is 8.00. The maximum atomic E-state index is 5.32. The molecule has 0 rings (SSSR count). The Balaban J connectivity index is 1.97. The van der Waals surface area contributed by atoms with Crippen molar-refractivity contribution in [2.45, 2.75) is 11.4 Å². The van der Waals surface area contributed by atoms with Gasteiger partial charge in [0.1, 0.15) is 0 Å². The third-order valence-electron chi connectivity index (χ3n) is 0.109. The van der Waals surface area contributed by atoms with E-state index in [4.69, 9.17) is 8.96 Å². The van der Waals surface area contributed by atoms with Crippen molar-refractivity contribution < 1.29 is 0 Å². The van der Waals surface area contributed by atoms with Crippen LogP contribution in [0.3, 0.4) is 0 Å². The van der Waals surface area contributed by atoms with E-state index in [1.807, 2.05) is 0 Å². The first-order chi connectivity index (χ1) is 1.91. The molecule has 0 spiro atoms. The van der Waals surface area contributed by atoms with Gasteiger partial charge in [0.2, 0.25) is 0 Å². The minimum absolute atomic E-state index is 0.0461. The first-order valence-corrected chi connectivity index (χ1v) is 5.75. The van der Waals surface area contributed by atoms with Crippen molar-refractivity contribution in [3.05, 3.63) is 0 Å². The standard InChI is InChI=1S/C2H5ClTe/c1-2-4-3/h2H2,1H3. The Labute approximate surface area is 40.3 Å². The topological polar surface area (TPSA) is 0 Å². The quantitative estimate of drug-likeness (QED) is 0.549. The number of halogens is 1. The first kappa shape index (κ1) is 5.08. The molecule has 0 aliphatic carbocycles. The molecule has 0 atom stereocenters. The van der Waals surface area contributed by atoms with E-state index in [-0.39, 0.29) is 19.8 Å². The zero-order valence-corrected chi connectivity index (χ0v) is 5.58. The molecular weight excluding hydrogens is 187 g/mol. The van der Waals surface area contributed by atoms with Crippen LogP contribution >= 0.6 is 8.96 Å². The van der Waals surface area contributed by atoms with Crippen molar-refractivity contribution in [2.75, 3.05) is 0 Å². The van der Waals surface area contributed by atoms with Crippen LogP contribution in [0.25, 0.3) is 0 Å². The van der Waals surface area contributed by atoms with Crippen LogP contribution < -0.4 is 0 Å². The molecule has 0 saturated heterocycles. The van der Waals surface area contributed by atoms with Gasteiger partial charge in [0, 0.05) is 0 Å². The van der Waals surface area contributed by atoms with Gasteiger partial charge in [-0.3, -0.25) is 0 Å². The van der Waals surface area contributed by atoms with Gasteiger partial charge in [-0.1, -0.05) is 0 Å². The Morgan fingerprint density at radius 3 is 2.25 bits per heavy atom. The van der Waals surface area contributed by atoms with Crippen LogP contribution in [0.2, 0.25) is 4.47 Å². The molecule has 0 bridgehead atoms. The summed E-state index contributed by atoms with van der Waals surface area (Å²) < 4.78 is 1.21. The Morgan fingerprint density at radius 2 is 2.25 bits per heavy atom. The van der Waals surface area contributed by atoms with E-state index >= 15 is 0 Å². The molecule has 0 aromatic heterocycles. The third-order valence-corrected chi connectivity index (χ3v) is 2.20. The first-order valence-electron chi connectivity index (χ1n) is 1.15. The predicted molar refractivity (Wildman–Crippen MR) is 22.1 cm³/mol. The van der Waals surface area contributed by atoms with Crippen LogP contribution in [0.1, 0.15) is 6.92 Å². The van der Waals surface area contributed by atoms with Gasteiger partial charge in [0.15, 0.2) is 0 Å². The second-order valence-corrected chi connectivity index (χ2v) is 4.13. The summed E-state index contributed by atoms with van der Waals surface area (Å²) in [5.74, 6) is 0. The summed E-state index contributed by atoms with van der Waals surface area (Å²) in [4.78, 5) is 0. The van der Waals surface area contributed by atoms with E-state index < -0.39 is 0 Å². The van der Waals surface area contributed by atoms with Gasteiger partial charge < -0.3 is 0 Å². The van der Waals surface area contributed by atoms with Gasteiger partial charge in [0.25, 0.3) is 0 Å². The van der Waals surface area contributed by atoms with Crippen molar-refractivity contribution >= 4 is 28.8 Å². The number of hydrogen-bond donors (Lipinski definition) is 0. The van der Waals surface area contributed by atoms with E-state index in [1.54, 1.807) is 0 Å². The van der Waals surface area contributed by atoms with Gasteiger partial charge >= 0.3 is 40.2 Å². The molecule has 0 fully saturated rings. The fourth-order valence-corrected chi connectivity index (χ4v) is 0. The molecule has 2 heteroatoms. The maximum absolute atomic E-state index is 5.32. The summed E-state index contributed by atoms with van der Waals surface area (Å²) in [6.45, 7) is 2.11. The van der Waals surface area contributed by atoms with Crippen molar-refractivity contribution in [1.82, 2.24) is 0 Å². The molecule has 0 heterocycles. The van der Waals surface area contributed by atoms with Crippen LogP contribution in [0, 0.1) is 0 Å². The zero-order chi connectivity index (χ0) is 3.41. The van der Waals surface area contributed by atoms with Crippen molar-refractivity contribution in [1.29, 1.82) is 0 Å². The SMILES string of the molecule is CC[Te]Cl. The molecule has 4 heavy (non-hydrogen) atoms. The fourth-order valence-electron chi connectivity index (χ4n) is 0. The molecular formula is C2H5ClTe. The molecule has 0 aliphatic heterocycles. The molecule has 0 unspecified atom stereocenters. The monoisotopic (exact) mass is 194 g/mol. The minimum atomic E-state index is -0.0461. The summed E-state index contributed by atoms with van der Waals surface area (Å²) in [5.41, 5.74) is 0. The second kappa shape index (κ2) is 4.08. The molecule has 0 aromatic carbocycles. The third kappa shape index (κ3) is 3.08. The van der Waals surface area contributed by atoms with Gasteiger partial charge in [-0.05, 0) is 0 Å². The molecule has 0 N–H and O–H groups in total. The average molecular weight is 192 g/mol. The summed E-state index contributed by atoms with van der Waals surface area (Å²) >= 11 is -0.0461. The van der Waals surface area contributed by atoms with E-state index in [2.05, 4.69) is 6.92 Å². The van der Waals surface area contributed by atoms with Gasteiger partial charge in [-0.15, -0.1) is 0 Å². The van der Waals surface area contributed by atoms with E-state index in [0.29, 0.717) is 0 Å². The molecule has 0 nitrogen and oxygen atoms in total. The Hall–Kier alpha value is 1.08. The normalized spacial score (nSPS) is 7.50. The van der Waals surface area contributed by atoms with Crippen LogP contribution in [0.5, 0.6) is 0 Å². The van der Waals surface area contributed by atoms with Crippen LogP contribution in [-0.2, 0) is 0 Å².